The first-order valence-corrected chi connectivity index (χ1v) is 10.2. The van der Waals surface area contributed by atoms with Gasteiger partial charge in [0.2, 0.25) is 5.69 Å². The molecule has 168 valence electrons. The van der Waals surface area contributed by atoms with Gasteiger partial charge in [0.15, 0.2) is 0 Å². The lowest BCUT2D eigenvalue weighted by atomic mass is 10.2. The largest absolute Gasteiger partial charge is 0.497 e. The summed E-state index contributed by atoms with van der Waals surface area (Å²) in [6.07, 6.45) is 0.564. The highest BCUT2D eigenvalue weighted by Crippen LogP contribution is 2.14. The van der Waals surface area contributed by atoms with Crippen molar-refractivity contribution in [1.82, 2.24) is 19.7 Å². The number of carbonyl (C=O) groups excluding carboxylic acids is 1. The first-order valence-electron chi connectivity index (χ1n) is 9.84. The summed E-state index contributed by atoms with van der Waals surface area (Å²) in [6, 6.07) is 13.4. The van der Waals surface area contributed by atoms with E-state index in [1.54, 1.807) is 49.6 Å². The van der Waals surface area contributed by atoms with Gasteiger partial charge >= 0.3 is 5.69 Å². The van der Waals surface area contributed by atoms with Crippen LogP contribution in [0.2, 0.25) is 5.02 Å². The molecule has 0 aliphatic rings. The Morgan fingerprint density at radius 1 is 1.12 bits per heavy atom. The summed E-state index contributed by atoms with van der Waals surface area (Å²) in [5.41, 5.74) is -0.907. The van der Waals surface area contributed by atoms with Crippen LogP contribution in [0, 0.1) is 0 Å². The molecular weight excluding hydrogens is 436 g/mol. The fourth-order valence-corrected chi connectivity index (χ4v) is 3.21. The van der Waals surface area contributed by atoms with Gasteiger partial charge < -0.3 is 14.8 Å². The zero-order valence-electron chi connectivity index (χ0n) is 17.7. The Kier molecular flexibility index (Phi) is 7.80. The minimum Gasteiger partial charge on any atom is -0.497 e. The Morgan fingerprint density at radius 3 is 2.62 bits per heavy atom. The Morgan fingerprint density at radius 2 is 1.91 bits per heavy atom. The first kappa shape index (κ1) is 23.2. The summed E-state index contributed by atoms with van der Waals surface area (Å²) in [5.74, 6) is -0.0999. The normalized spacial score (nSPS) is 10.7. The number of rotatable bonds is 9. The van der Waals surface area contributed by atoms with Gasteiger partial charge in [-0.05, 0) is 42.3 Å². The third kappa shape index (κ3) is 5.43. The summed E-state index contributed by atoms with van der Waals surface area (Å²) in [6.45, 7) is 0.678. The highest BCUT2D eigenvalue weighted by Gasteiger charge is 2.20. The van der Waals surface area contributed by atoms with E-state index < -0.39 is 22.9 Å². The third-order valence-electron chi connectivity index (χ3n) is 4.61. The Hall–Kier alpha value is -3.43. The predicted molar refractivity (Wildman–Crippen MR) is 120 cm³/mol. The van der Waals surface area contributed by atoms with Crippen LogP contribution in [0.5, 0.6) is 5.75 Å². The quantitative estimate of drug-likeness (QED) is 0.491. The molecule has 32 heavy (non-hydrogen) atoms. The molecule has 0 saturated carbocycles. The van der Waals surface area contributed by atoms with E-state index >= 15 is 0 Å². The van der Waals surface area contributed by atoms with Crippen LogP contribution in [-0.2, 0) is 11.3 Å². The van der Waals surface area contributed by atoms with Crippen molar-refractivity contribution >= 4 is 17.5 Å². The zero-order chi connectivity index (χ0) is 23.1. The topological polar surface area (TPSA) is 104 Å². The minimum absolute atomic E-state index is 0.0676. The smallest absolute Gasteiger partial charge is 0.352 e. The molecule has 0 saturated heterocycles. The molecule has 2 aromatic carbocycles. The average Bonchev–Trinajstić information content (AvgIpc) is 2.79. The number of nitrogens with one attached hydrogen (secondary N) is 1. The molecule has 0 aliphatic carbocycles. The lowest BCUT2D eigenvalue weighted by Crippen LogP contribution is -2.46. The second-order valence-electron chi connectivity index (χ2n) is 6.87. The molecule has 3 rings (SSSR count). The van der Waals surface area contributed by atoms with E-state index in [1.807, 2.05) is 0 Å². The van der Waals surface area contributed by atoms with E-state index in [0.717, 1.165) is 9.25 Å². The van der Waals surface area contributed by atoms with Crippen LogP contribution in [0.3, 0.4) is 0 Å². The molecule has 0 aliphatic heterocycles. The molecule has 0 bridgehead atoms. The Labute approximate surface area is 189 Å². The van der Waals surface area contributed by atoms with Crippen LogP contribution in [0.25, 0.3) is 5.69 Å². The van der Waals surface area contributed by atoms with Gasteiger partial charge in [-0.2, -0.15) is 9.78 Å². The Balaban J connectivity index is 2.09. The standard InChI is InChI=1S/C22H23ClN4O5/c1-31-11-5-10-24-20(28)19-21(29)26(14-15-6-3-9-18(12-15)32-2)22(30)27(25-19)17-8-4-7-16(23)13-17/h3-4,6-9,12-13H,5,10-11,14H2,1-2H3,(H,24,28). The maximum Gasteiger partial charge on any atom is 0.352 e. The van der Waals surface area contributed by atoms with Crippen molar-refractivity contribution in [2.75, 3.05) is 27.4 Å². The predicted octanol–water partition coefficient (Wildman–Crippen LogP) is 1.87. The number of methoxy groups -OCH3 is 2. The summed E-state index contributed by atoms with van der Waals surface area (Å²) >= 11 is 6.07. The van der Waals surface area contributed by atoms with Crippen molar-refractivity contribution in [3.05, 3.63) is 85.6 Å². The van der Waals surface area contributed by atoms with Gasteiger partial charge in [0.05, 0.1) is 19.3 Å². The number of nitrogens with zero attached hydrogens (tertiary/aromatic N) is 3. The lowest BCUT2D eigenvalue weighted by molar-refractivity contribution is 0.0938. The third-order valence-corrected chi connectivity index (χ3v) is 4.85. The summed E-state index contributed by atoms with van der Waals surface area (Å²) in [4.78, 5) is 39.0. The molecule has 0 fully saturated rings. The molecule has 1 heterocycles. The number of aromatic nitrogens is 3. The number of benzene rings is 2. The fraction of sp³-hybridized carbons (Fsp3) is 0.273. The van der Waals surface area contributed by atoms with Crippen molar-refractivity contribution in [2.24, 2.45) is 0 Å². The molecule has 0 atom stereocenters. The summed E-state index contributed by atoms with van der Waals surface area (Å²) in [7, 11) is 3.08. The molecule has 9 nitrogen and oxygen atoms in total. The van der Waals surface area contributed by atoms with E-state index in [2.05, 4.69) is 10.4 Å². The van der Waals surface area contributed by atoms with Gasteiger partial charge in [0.25, 0.3) is 11.5 Å². The van der Waals surface area contributed by atoms with Crippen LogP contribution in [0.15, 0.2) is 58.1 Å². The van der Waals surface area contributed by atoms with Gasteiger partial charge in [0.1, 0.15) is 5.75 Å². The molecule has 3 aromatic rings. The molecule has 0 radical (unpaired) electrons. The fourth-order valence-electron chi connectivity index (χ4n) is 3.03. The lowest BCUT2D eigenvalue weighted by Gasteiger charge is -2.13. The first-order chi connectivity index (χ1) is 15.4. The summed E-state index contributed by atoms with van der Waals surface area (Å²) in [5, 5.41) is 7.08. The monoisotopic (exact) mass is 458 g/mol. The van der Waals surface area contributed by atoms with Crippen molar-refractivity contribution in [3.8, 4) is 11.4 Å². The second-order valence-corrected chi connectivity index (χ2v) is 7.30. The van der Waals surface area contributed by atoms with Crippen LogP contribution >= 0.6 is 11.6 Å². The highest BCUT2D eigenvalue weighted by molar-refractivity contribution is 6.30. The van der Waals surface area contributed by atoms with Crippen molar-refractivity contribution in [3.63, 3.8) is 0 Å². The van der Waals surface area contributed by atoms with Crippen LogP contribution < -0.4 is 21.3 Å². The zero-order valence-corrected chi connectivity index (χ0v) is 18.5. The van der Waals surface area contributed by atoms with Crippen LogP contribution in [-0.4, -0.2) is 47.6 Å². The van der Waals surface area contributed by atoms with E-state index in [4.69, 9.17) is 21.1 Å². The molecular formula is C22H23ClN4O5. The van der Waals surface area contributed by atoms with E-state index in [1.165, 1.54) is 13.2 Å². The minimum atomic E-state index is -0.791. The molecule has 1 N–H and O–H groups in total. The number of hydrogen-bond donors (Lipinski definition) is 1. The number of hydrogen-bond acceptors (Lipinski definition) is 6. The van der Waals surface area contributed by atoms with E-state index in [9.17, 15) is 14.4 Å². The average molecular weight is 459 g/mol. The SMILES string of the molecule is COCCCNC(=O)c1nn(-c2cccc(Cl)c2)c(=O)n(Cc2cccc(OC)c2)c1=O. The molecule has 1 aromatic heterocycles. The van der Waals surface area contributed by atoms with Crippen LogP contribution in [0.4, 0.5) is 0 Å². The number of halogens is 1. The van der Waals surface area contributed by atoms with Crippen molar-refractivity contribution in [2.45, 2.75) is 13.0 Å². The second kappa shape index (κ2) is 10.7. The van der Waals surface area contributed by atoms with E-state index in [0.29, 0.717) is 41.6 Å². The molecule has 1 amide bonds. The Bertz CT molecular complexity index is 1220. The van der Waals surface area contributed by atoms with Crippen molar-refractivity contribution < 1.29 is 14.3 Å². The van der Waals surface area contributed by atoms with Gasteiger partial charge in [0, 0.05) is 25.3 Å². The van der Waals surface area contributed by atoms with Gasteiger partial charge in [-0.25, -0.2) is 4.79 Å². The van der Waals surface area contributed by atoms with Crippen molar-refractivity contribution in [1.29, 1.82) is 0 Å². The maximum atomic E-state index is 13.2. The molecule has 0 unspecified atom stereocenters. The van der Waals surface area contributed by atoms with Gasteiger partial charge in [-0.15, -0.1) is 0 Å². The molecule has 10 heteroatoms. The highest BCUT2D eigenvalue weighted by atomic mass is 35.5. The number of ether oxygens (including phenoxy) is 2. The maximum absolute atomic E-state index is 13.2. The van der Waals surface area contributed by atoms with Gasteiger partial charge in [-0.1, -0.05) is 29.8 Å². The molecule has 0 spiro atoms. The number of carbonyl (C=O) groups is 1. The van der Waals surface area contributed by atoms with E-state index in [-0.39, 0.29) is 6.54 Å². The van der Waals surface area contributed by atoms with Gasteiger partial charge in [-0.3, -0.25) is 14.2 Å². The number of amides is 1. The summed E-state index contributed by atoms with van der Waals surface area (Å²) < 4.78 is 12.1. The van der Waals surface area contributed by atoms with Crippen LogP contribution in [0.1, 0.15) is 22.5 Å².